The largest absolute Gasteiger partial charge is 0.383 e. The molecule has 6 nitrogen and oxygen atoms in total. The van der Waals surface area contributed by atoms with Crippen LogP contribution < -0.4 is 22.8 Å². The van der Waals surface area contributed by atoms with Crippen LogP contribution in [0, 0.1) is 0 Å². The second-order valence-electron chi connectivity index (χ2n) is 1.73. The van der Waals surface area contributed by atoms with E-state index in [1.165, 1.54) is 0 Å². The molecule has 10 heavy (non-hydrogen) atoms. The summed E-state index contributed by atoms with van der Waals surface area (Å²) in [4.78, 5) is 22.9. The lowest BCUT2D eigenvalue weighted by molar-refractivity contribution is 0.870. The van der Waals surface area contributed by atoms with Crippen molar-refractivity contribution in [3.05, 3.63) is 26.9 Å². The van der Waals surface area contributed by atoms with Crippen LogP contribution in [0.1, 0.15) is 0 Å². The van der Waals surface area contributed by atoms with Crippen molar-refractivity contribution in [2.24, 2.45) is 0 Å². The third-order valence-corrected chi connectivity index (χ3v) is 1.01. The summed E-state index contributed by atoms with van der Waals surface area (Å²) in [6.45, 7) is 0. The minimum absolute atomic E-state index is 0.0613. The first-order valence-electron chi connectivity index (χ1n) is 2.48. The van der Waals surface area contributed by atoms with Crippen LogP contribution in [0.4, 0.5) is 5.82 Å². The maximum atomic E-state index is 10.6. The lowest BCUT2D eigenvalue weighted by Gasteiger charge is -1.97. The zero-order valence-electron chi connectivity index (χ0n) is 5.00. The standard InChI is InChI=1S/C4H6N4O2/c5-2-1-3(9)7-4(10)8(2)6/h1H,5-6H2,(H,7,9,10). The number of hydrogen-bond acceptors (Lipinski definition) is 4. The monoisotopic (exact) mass is 142 g/mol. The van der Waals surface area contributed by atoms with Crippen molar-refractivity contribution < 1.29 is 0 Å². The van der Waals surface area contributed by atoms with E-state index in [1.807, 2.05) is 4.98 Å². The molecule has 5 N–H and O–H groups in total. The Labute approximate surface area is 55.1 Å². The van der Waals surface area contributed by atoms with Crippen LogP contribution >= 0.6 is 0 Å². The Morgan fingerprint density at radius 2 is 2.10 bits per heavy atom. The summed E-state index contributed by atoms with van der Waals surface area (Å²) in [5.74, 6) is 5.00. The van der Waals surface area contributed by atoms with E-state index < -0.39 is 11.2 Å². The molecule has 0 saturated heterocycles. The number of nitrogens with one attached hydrogen (secondary N) is 1. The topological polar surface area (TPSA) is 107 Å². The van der Waals surface area contributed by atoms with Gasteiger partial charge in [-0.3, -0.25) is 9.78 Å². The van der Waals surface area contributed by atoms with Gasteiger partial charge in [0.1, 0.15) is 5.82 Å². The van der Waals surface area contributed by atoms with Crippen LogP contribution in [-0.4, -0.2) is 9.66 Å². The zero-order valence-corrected chi connectivity index (χ0v) is 5.00. The molecule has 0 atom stereocenters. The van der Waals surface area contributed by atoms with E-state index in [0.717, 1.165) is 6.07 Å². The Hall–Kier alpha value is -1.72. The molecule has 0 aromatic carbocycles. The van der Waals surface area contributed by atoms with E-state index in [2.05, 4.69) is 0 Å². The normalized spacial score (nSPS) is 9.60. The molecule has 6 heteroatoms. The molecule has 0 spiro atoms. The fraction of sp³-hybridized carbons (Fsp3) is 0. The van der Waals surface area contributed by atoms with Crippen molar-refractivity contribution >= 4 is 5.82 Å². The summed E-state index contributed by atoms with van der Waals surface area (Å²) in [6.07, 6.45) is 0. The molecule has 1 rings (SSSR count). The number of aromatic amines is 1. The first kappa shape index (κ1) is 6.40. The Morgan fingerprint density at radius 3 is 2.60 bits per heavy atom. The molecule has 1 heterocycles. The van der Waals surface area contributed by atoms with Crippen LogP contribution in [0.3, 0.4) is 0 Å². The predicted octanol–water partition coefficient (Wildman–Crippen LogP) is -2.17. The van der Waals surface area contributed by atoms with Gasteiger partial charge in [-0.15, -0.1) is 0 Å². The van der Waals surface area contributed by atoms with Crippen molar-refractivity contribution in [1.82, 2.24) is 9.66 Å². The third kappa shape index (κ3) is 0.859. The maximum Gasteiger partial charge on any atom is 0.348 e. The lowest BCUT2D eigenvalue weighted by Crippen LogP contribution is -2.35. The number of aromatic nitrogens is 2. The first-order valence-corrected chi connectivity index (χ1v) is 2.48. The van der Waals surface area contributed by atoms with Crippen LogP contribution in [0.2, 0.25) is 0 Å². The highest BCUT2D eigenvalue weighted by Gasteiger charge is 1.95. The third-order valence-electron chi connectivity index (χ3n) is 1.01. The average Bonchev–Trinajstić information content (AvgIpc) is 1.82. The minimum Gasteiger partial charge on any atom is -0.383 e. The molecule has 0 aliphatic carbocycles. The summed E-state index contributed by atoms with van der Waals surface area (Å²) in [6, 6.07) is 1.03. The van der Waals surface area contributed by atoms with E-state index in [4.69, 9.17) is 11.6 Å². The minimum atomic E-state index is -0.718. The molecule has 0 fully saturated rings. The molecule has 1 aromatic rings. The highest BCUT2D eigenvalue weighted by atomic mass is 16.2. The maximum absolute atomic E-state index is 10.6. The molecular weight excluding hydrogens is 136 g/mol. The molecule has 0 aliphatic rings. The molecule has 0 aliphatic heterocycles. The van der Waals surface area contributed by atoms with Crippen molar-refractivity contribution in [3.63, 3.8) is 0 Å². The molecular formula is C4H6N4O2. The number of anilines is 1. The van der Waals surface area contributed by atoms with Gasteiger partial charge in [0.15, 0.2) is 0 Å². The lowest BCUT2D eigenvalue weighted by atomic mass is 10.6. The SMILES string of the molecule is Nc1cc(=O)[nH]c(=O)n1N. The van der Waals surface area contributed by atoms with Crippen LogP contribution in [0.25, 0.3) is 0 Å². The molecule has 0 amide bonds. The number of nitrogens with two attached hydrogens (primary N) is 2. The second kappa shape index (κ2) is 1.90. The molecule has 0 unspecified atom stereocenters. The van der Waals surface area contributed by atoms with Crippen LogP contribution in [0.5, 0.6) is 0 Å². The summed E-state index contributed by atoms with van der Waals surface area (Å²) >= 11 is 0. The summed E-state index contributed by atoms with van der Waals surface area (Å²) in [7, 11) is 0. The number of hydrogen-bond donors (Lipinski definition) is 3. The molecule has 1 aromatic heterocycles. The number of rotatable bonds is 0. The van der Waals surface area contributed by atoms with Crippen molar-refractivity contribution in [2.75, 3.05) is 11.6 Å². The second-order valence-corrected chi connectivity index (χ2v) is 1.73. The Bertz CT molecular complexity index is 349. The van der Waals surface area contributed by atoms with E-state index in [0.29, 0.717) is 4.68 Å². The summed E-state index contributed by atoms with van der Waals surface area (Å²) < 4.78 is 0.654. The Kier molecular flexibility index (Phi) is 1.22. The fourth-order valence-corrected chi connectivity index (χ4v) is 0.523. The van der Waals surface area contributed by atoms with Gasteiger partial charge in [-0.1, -0.05) is 0 Å². The molecule has 0 saturated carbocycles. The van der Waals surface area contributed by atoms with Gasteiger partial charge in [0.2, 0.25) is 0 Å². The highest BCUT2D eigenvalue weighted by Crippen LogP contribution is 1.82. The Morgan fingerprint density at radius 1 is 1.50 bits per heavy atom. The highest BCUT2D eigenvalue weighted by molar-refractivity contribution is 5.25. The first-order chi connectivity index (χ1) is 4.61. The number of nitrogens with zero attached hydrogens (tertiary/aromatic N) is 1. The van der Waals surface area contributed by atoms with Gasteiger partial charge in [-0.25, -0.2) is 4.79 Å². The number of H-pyrrole nitrogens is 1. The average molecular weight is 142 g/mol. The van der Waals surface area contributed by atoms with Crippen LogP contribution in [0.15, 0.2) is 15.7 Å². The van der Waals surface area contributed by atoms with E-state index in [9.17, 15) is 9.59 Å². The zero-order chi connectivity index (χ0) is 7.72. The van der Waals surface area contributed by atoms with Crippen molar-refractivity contribution in [2.45, 2.75) is 0 Å². The van der Waals surface area contributed by atoms with Gasteiger partial charge in [-0.05, 0) is 0 Å². The molecule has 0 bridgehead atoms. The smallest absolute Gasteiger partial charge is 0.348 e. The fourth-order valence-electron chi connectivity index (χ4n) is 0.523. The van der Waals surface area contributed by atoms with Gasteiger partial charge in [0, 0.05) is 6.07 Å². The summed E-state index contributed by atoms with van der Waals surface area (Å²) in [5.41, 5.74) is 3.87. The van der Waals surface area contributed by atoms with E-state index in [-0.39, 0.29) is 5.82 Å². The summed E-state index contributed by atoms with van der Waals surface area (Å²) in [5, 5.41) is 0. The van der Waals surface area contributed by atoms with Gasteiger partial charge in [0.05, 0.1) is 0 Å². The molecule has 0 radical (unpaired) electrons. The van der Waals surface area contributed by atoms with Crippen molar-refractivity contribution in [1.29, 1.82) is 0 Å². The van der Waals surface area contributed by atoms with E-state index >= 15 is 0 Å². The van der Waals surface area contributed by atoms with Crippen molar-refractivity contribution in [3.8, 4) is 0 Å². The molecule has 54 valence electrons. The van der Waals surface area contributed by atoms with Gasteiger partial charge in [-0.2, -0.15) is 4.68 Å². The van der Waals surface area contributed by atoms with E-state index in [1.54, 1.807) is 0 Å². The predicted molar refractivity (Wildman–Crippen MR) is 35.9 cm³/mol. The van der Waals surface area contributed by atoms with Gasteiger partial charge in [0.25, 0.3) is 5.56 Å². The quantitative estimate of drug-likeness (QED) is 0.358. The Balaban J connectivity index is 3.62. The number of nitrogen functional groups attached to an aromatic ring is 2. The van der Waals surface area contributed by atoms with Crippen LogP contribution in [-0.2, 0) is 0 Å². The van der Waals surface area contributed by atoms with Gasteiger partial charge >= 0.3 is 5.69 Å². The van der Waals surface area contributed by atoms with Gasteiger partial charge < -0.3 is 11.6 Å².